The second-order valence-corrected chi connectivity index (χ2v) is 3.50. The van der Waals surface area contributed by atoms with E-state index in [9.17, 15) is 15.0 Å². The van der Waals surface area contributed by atoms with Crippen LogP contribution in [0.25, 0.3) is 0 Å². The molecule has 0 saturated carbocycles. The molecule has 1 rings (SSSR count). The predicted molar refractivity (Wildman–Crippen MR) is 58.1 cm³/mol. The fourth-order valence-electron chi connectivity index (χ4n) is 1.28. The summed E-state index contributed by atoms with van der Waals surface area (Å²) in [4.78, 5) is 14.3. The van der Waals surface area contributed by atoms with Crippen molar-refractivity contribution in [2.45, 2.75) is 18.6 Å². The fourth-order valence-corrected chi connectivity index (χ4v) is 1.28. The Morgan fingerprint density at radius 1 is 1.59 bits per heavy atom. The molecular formula is C10H12N4O3. The van der Waals surface area contributed by atoms with E-state index in [1.165, 1.54) is 12.3 Å². The predicted octanol–water partition coefficient (Wildman–Crippen LogP) is -1.19. The number of nitrogen functional groups attached to an aromatic ring is 1. The van der Waals surface area contributed by atoms with E-state index in [4.69, 9.17) is 16.7 Å². The fraction of sp³-hybridized carbons (Fsp3) is 0.300. The molecular weight excluding hydrogens is 224 g/mol. The zero-order valence-electron chi connectivity index (χ0n) is 8.87. The van der Waals surface area contributed by atoms with Gasteiger partial charge in [-0.15, -0.1) is 0 Å². The largest absolute Gasteiger partial charge is 0.390 e. The van der Waals surface area contributed by atoms with E-state index in [0.29, 0.717) is 0 Å². The summed E-state index contributed by atoms with van der Waals surface area (Å²) in [5.74, 6) is -0.701. The molecule has 7 heteroatoms. The molecule has 90 valence electrons. The van der Waals surface area contributed by atoms with Gasteiger partial charge in [-0.05, 0) is 6.07 Å². The van der Waals surface area contributed by atoms with Gasteiger partial charge in [-0.2, -0.15) is 5.26 Å². The molecule has 0 aliphatic rings. The minimum atomic E-state index is -1.34. The number of rotatable bonds is 4. The van der Waals surface area contributed by atoms with Gasteiger partial charge in [0.2, 0.25) is 5.91 Å². The summed E-state index contributed by atoms with van der Waals surface area (Å²) in [7, 11) is 0. The number of primary amides is 1. The first-order valence-electron chi connectivity index (χ1n) is 4.75. The molecule has 1 aromatic rings. The van der Waals surface area contributed by atoms with Crippen molar-refractivity contribution >= 4 is 11.7 Å². The molecule has 0 spiro atoms. The Morgan fingerprint density at radius 2 is 2.24 bits per heavy atom. The number of carbonyl (C=O) groups is 1. The lowest BCUT2D eigenvalue weighted by Crippen LogP contribution is -2.25. The molecule has 0 bridgehead atoms. The molecule has 1 aromatic heterocycles. The number of carbonyl (C=O) groups excluding carboxylic acids is 1. The molecule has 1 amide bonds. The number of amides is 1. The topological polar surface area (TPSA) is 146 Å². The molecule has 7 nitrogen and oxygen atoms in total. The first-order valence-corrected chi connectivity index (χ1v) is 4.75. The minimum absolute atomic E-state index is 0.0350. The Morgan fingerprint density at radius 3 is 2.76 bits per heavy atom. The lowest BCUT2D eigenvalue weighted by molar-refractivity contribution is -0.121. The van der Waals surface area contributed by atoms with Crippen molar-refractivity contribution in [3.05, 3.63) is 23.4 Å². The molecule has 0 aliphatic heterocycles. The third-order valence-electron chi connectivity index (χ3n) is 2.18. The monoisotopic (exact) mass is 236 g/mol. The van der Waals surface area contributed by atoms with E-state index in [1.54, 1.807) is 6.07 Å². The van der Waals surface area contributed by atoms with Crippen molar-refractivity contribution < 1.29 is 15.0 Å². The smallest absolute Gasteiger partial charge is 0.220 e. The van der Waals surface area contributed by atoms with Crippen LogP contribution in [0.1, 0.15) is 23.7 Å². The van der Waals surface area contributed by atoms with Crippen molar-refractivity contribution in [1.29, 1.82) is 5.26 Å². The molecule has 0 radical (unpaired) electrons. The van der Waals surface area contributed by atoms with Crippen molar-refractivity contribution in [3.8, 4) is 6.07 Å². The summed E-state index contributed by atoms with van der Waals surface area (Å²) in [6.45, 7) is 0. The Kier molecular flexibility index (Phi) is 3.98. The summed E-state index contributed by atoms with van der Waals surface area (Å²) in [6.07, 6.45) is -1.84. The molecule has 0 saturated heterocycles. The number of nitrogens with zero attached hydrogens (tertiary/aromatic N) is 2. The Labute approximate surface area is 97.3 Å². The Bertz CT molecular complexity index is 469. The molecule has 6 N–H and O–H groups in total. The first-order chi connectivity index (χ1) is 7.95. The average molecular weight is 236 g/mol. The molecule has 0 aromatic carbocycles. The number of aromatic nitrogens is 1. The van der Waals surface area contributed by atoms with E-state index >= 15 is 0 Å². The number of pyridine rings is 1. The molecule has 1 heterocycles. The van der Waals surface area contributed by atoms with Gasteiger partial charge < -0.3 is 21.7 Å². The SMILES string of the molecule is N#Cc1cc(C(O)C(O)CC(N)=O)cnc1N. The summed E-state index contributed by atoms with van der Waals surface area (Å²) in [5, 5.41) is 27.9. The van der Waals surface area contributed by atoms with E-state index in [2.05, 4.69) is 4.98 Å². The highest BCUT2D eigenvalue weighted by atomic mass is 16.3. The van der Waals surface area contributed by atoms with Crippen LogP contribution in [0.2, 0.25) is 0 Å². The Balaban J connectivity index is 2.93. The van der Waals surface area contributed by atoms with Gasteiger partial charge in [0.05, 0.1) is 18.1 Å². The maximum atomic E-state index is 10.6. The number of hydrogen-bond acceptors (Lipinski definition) is 6. The first kappa shape index (κ1) is 12.9. The van der Waals surface area contributed by atoms with Crippen LogP contribution in [-0.4, -0.2) is 27.2 Å². The zero-order chi connectivity index (χ0) is 13.0. The van der Waals surface area contributed by atoms with Gasteiger partial charge >= 0.3 is 0 Å². The van der Waals surface area contributed by atoms with E-state index < -0.39 is 18.1 Å². The maximum Gasteiger partial charge on any atom is 0.220 e. The maximum absolute atomic E-state index is 10.6. The van der Waals surface area contributed by atoms with Crippen molar-refractivity contribution in [1.82, 2.24) is 4.98 Å². The summed E-state index contributed by atoms with van der Waals surface area (Å²) in [5.41, 5.74) is 10.6. The van der Waals surface area contributed by atoms with Crippen LogP contribution in [0, 0.1) is 11.3 Å². The second-order valence-electron chi connectivity index (χ2n) is 3.50. The molecule has 17 heavy (non-hydrogen) atoms. The van der Waals surface area contributed by atoms with Gasteiger partial charge in [0, 0.05) is 11.8 Å². The lowest BCUT2D eigenvalue weighted by atomic mass is 10.0. The van der Waals surface area contributed by atoms with Crippen LogP contribution in [-0.2, 0) is 4.79 Å². The van der Waals surface area contributed by atoms with Gasteiger partial charge in [-0.3, -0.25) is 4.79 Å². The van der Waals surface area contributed by atoms with Gasteiger partial charge in [0.1, 0.15) is 18.0 Å². The van der Waals surface area contributed by atoms with Crippen LogP contribution in [0.15, 0.2) is 12.3 Å². The van der Waals surface area contributed by atoms with Gasteiger partial charge in [0.25, 0.3) is 0 Å². The highest BCUT2D eigenvalue weighted by Crippen LogP contribution is 2.20. The van der Waals surface area contributed by atoms with Crippen LogP contribution < -0.4 is 11.5 Å². The van der Waals surface area contributed by atoms with Crippen molar-refractivity contribution in [2.24, 2.45) is 5.73 Å². The number of nitriles is 1. The lowest BCUT2D eigenvalue weighted by Gasteiger charge is -2.16. The summed E-state index contributed by atoms with van der Waals surface area (Å²) in [6, 6.07) is 3.10. The summed E-state index contributed by atoms with van der Waals surface area (Å²) >= 11 is 0. The zero-order valence-corrected chi connectivity index (χ0v) is 8.87. The van der Waals surface area contributed by atoms with Gasteiger partial charge in [-0.25, -0.2) is 4.98 Å². The number of hydrogen-bond donors (Lipinski definition) is 4. The normalized spacial score (nSPS) is 13.7. The minimum Gasteiger partial charge on any atom is -0.390 e. The van der Waals surface area contributed by atoms with Crippen LogP contribution in [0.4, 0.5) is 5.82 Å². The third kappa shape index (κ3) is 3.14. The van der Waals surface area contributed by atoms with Crippen molar-refractivity contribution in [3.63, 3.8) is 0 Å². The second kappa shape index (κ2) is 5.25. The number of aliphatic hydroxyl groups excluding tert-OH is 2. The van der Waals surface area contributed by atoms with Gasteiger partial charge in [0.15, 0.2) is 0 Å². The Hall–Kier alpha value is -2.17. The molecule has 0 fully saturated rings. The molecule has 2 unspecified atom stereocenters. The van der Waals surface area contributed by atoms with E-state index in [0.717, 1.165) is 0 Å². The van der Waals surface area contributed by atoms with Crippen LogP contribution in [0.5, 0.6) is 0 Å². The van der Waals surface area contributed by atoms with Crippen LogP contribution >= 0.6 is 0 Å². The third-order valence-corrected chi connectivity index (χ3v) is 2.18. The van der Waals surface area contributed by atoms with E-state index in [-0.39, 0.29) is 23.4 Å². The standard InChI is InChI=1S/C10H12N4O3/c11-3-5-1-6(4-14-10(5)13)9(17)7(15)2-8(12)16/h1,4,7,9,15,17H,2H2,(H2,12,16)(H2,13,14). The van der Waals surface area contributed by atoms with E-state index in [1.807, 2.05) is 0 Å². The van der Waals surface area contributed by atoms with Crippen molar-refractivity contribution in [2.75, 3.05) is 5.73 Å². The number of anilines is 1. The van der Waals surface area contributed by atoms with Crippen LogP contribution in [0.3, 0.4) is 0 Å². The highest BCUT2D eigenvalue weighted by Gasteiger charge is 2.21. The average Bonchev–Trinajstić information content (AvgIpc) is 2.27. The molecule has 2 atom stereocenters. The quantitative estimate of drug-likeness (QED) is 0.516. The molecule has 0 aliphatic carbocycles. The number of aliphatic hydroxyl groups is 2. The summed E-state index contributed by atoms with van der Waals surface area (Å²) < 4.78 is 0. The van der Waals surface area contributed by atoms with Gasteiger partial charge in [-0.1, -0.05) is 0 Å². The highest BCUT2D eigenvalue weighted by molar-refractivity contribution is 5.74. The number of nitrogens with two attached hydrogens (primary N) is 2.